The van der Waals surface area contributed by atoms with Gasteiger partial charge in [-0.05, 0) is 37.3 Å². The molecule has 1 aliphatic heterocycles. The Kier molecular flexibility index (Phi) is 5.49. The van der Waals surface area contributed by atoms with Crippen LogP contribution in [0.5, 0.6) is 5.75 Å². The molecule has 1 saturated heterocycles. The number of likely N-dealkylation sites (tertiary alicyclic amines) is 1. The number of benzene rings is 2. The van der Waals surface area contributed by atoms with Crippen LogP contribution in [-0.4, -0.2) is 41.9 Å². The summed E-state index contributed by atoms with van der Waals surface area (Å²) in [6.45, 7) is 3.02. The minimum absolute atomic E-state index is 0.0496. The Hall–Kier alpha value is -2.93. The van der Waals surface area contributed by atoms with Gasteiger partial charge in [-0.2, -0.15) is 0 Å². The van der Waals surface area contributed by atoms with E-state index in [-0.39, 0.29) is 17.7 Å². The summed E-state index contributed by atoms with van der Waals surface area (Å²) in [5, 5.41) is 5.27. The predicted molar refractivity (Wildman–Crippen MR) is 115 cm³/mol. The second-order valence-corrected chi connectivity index (χ2v) is 8.45. The maximum Gasteiger partial charge on any atom is 0.254 e. The number of aryl methyl sites for hydroxylation is 1. The van der Waals surface area contributed by atoms with Crippen molar-refractivity contribution in [2.75, 3.05) is 25.5 Å². The fraction of sp³-hybridized carbons (Fsp3) is 0.318. The molecule has 1 fully saturated rings. The van der Waals surface area contributed by atoms with Crippen molar-refractivity contribution in [3.05, 3.63) is 53.0 Å². The highest BCUT2D eigenvalue weighted by atomic mass is 32.1. The van der Waals surface area contributed by atoms with Crippen LogP contribution in [-0.2, 0) is 4.79 Å². The number of thiazole rings is 1. The third-order valence-corrected chi connectivity index (χ3v) is 6.09. The van der Waals surface area contributed by atoms with E-state index < -0.39 is 0 Å². The molecule has 7 heteroatoms. The zero-order valence-corrected chi connectivity index (χ0v) is 17.3. The van der Waals surface area contributed by atoms with E-state index in [2.05, 4.69) is 10.3 Å². The molecule has 0 saturated carbocycles. The Balaban J connectivity index is 1.53. The van der Waals surface area contributed by atoms with E-state index >= 15 is 0 Å². The summed E-state index contributed by atoms with van der Waals surface area (Å²) >= 11 is 1.45. The van der Waals surface area contributed by atoms with Gasteiger partial charge in [0.2, 0.25) is 5.91 Å². The minimum atomic E-state index is -0.235. The van der Waals surface area contributed by atoms with Gasteiger partial charge in [0.05, 0.1) is 13.0 Å². The molecule has 1 aliphatic rings. The van der Waals surface area contributed by atoms with E-state index in [0.29, 0.717) is 23.8 Å². The van der Waals surface area contributed by atoms with Crippen LogP contribution in [0.4, 0.5) is 5.13 Å². The predicted octanol–water partition coefficient (Wildman–Crippen LogP) is 4.10. The Morgan fingerprint density at radius 2 is 2.00 bits per heavy atom. The van der Waals surface area contributed by atoms with Gasteiger partial charge in [0.1, 0.15) is 5.75 Å². The van der Waals surface area contributed by atoms with Gasteiger partial charge in [-0.1, -0.05) is 24.3 Å². The SMILES string of the molecule is COc1ccc(C(=O)N2CCCC(C(=O)Nc3ncc(C)s3)C2)c2ccccc12. The number of nitrogens with zero attached hydrogens (tertiary/aromatic N) is 2. The van der Waals surface area contributed by atoms with Crippen molar-refractivity contribution >= 4 is 39.1 Å². The average molecular weight is 410 g/mol. The first-order chi connectivity index (χ1) is 14.1. The normalized spacial score (nSPS) is 16.6. The lowest BCUT2D eigenvalue weighted by Crippen LogP contribution is -2.43. The third-order valence-electron chi connectivity index (χ3n) is 5.27. The topological polar surface area (TPSA) is 71.5 Å². The second kappa shape index (κ2) is 8.21. The molecule has 1 N–H and O–H groups in total. The number of carbonyl (C=O) groups is 2. The summed E-state index contributed by atoms with van der Waals surface area (Å²) in [4.78, 5) is 33.0. The molecule has 4 rings (SSSR count). The minimum Gasteiger partial charge on any atom is -0.496 e. The van der Waals surface area contributed by atoms with Gasteiger partial charge in [-0.25, -0.2) is 4.98 Å². The van der Waals surface area contributed by atoms with Gasteiger partial charge < -0.3 is 15.0 Å². The molecule has 0 radical (unpaired) electrons. The molecule has 2 aromatic carbocycles. The zero-order valence-electron chi connectivity index (χ0n) is 16.5. The monoisotopic (exact) mass is 409 g/mol. The first-order valence-corrected chi connectivity index (χ1v) is 10.5. The van der Waals surface area contributed by atoms with Crippen LogP contribution in [0, 0.1) is 12.8 Å². The van der Waals surface area contributed by atoms with Gasteiger partial charge in [-0.3, -0.25) is 9.59 Å². The molecule has 0 aliphatic carbocycles. The number of carbonyl (C=O) groups excluding carboxylic acids is 2. The number of hydrogen-bond donors (Lipinski definition) is 1. The third kappa shape index (κ3) is 3.96. The van der Waals surface area contributed by atoms with Gasteiger partial charge in [-0.15, -0.1) is 11.3 Å². The van der Waals surface area contributed by atoms with E-state index in [4.69, 9.17) is 4.74 Å². The Morgan fingerprint density at radius 3 is 2.72 bits per heavy atom. The summed E-state index contributed by atoms with van der Waals surface area (Å²) < 4.78 is 5.43. The maximum absolute atomic E-state index is 13.3. The molecule has 2 heterocycles. The number of fused-ring (bicyclic) bond motifs is 1. The molecule has 150 valence electrons. The van der Waals surface area contributed by atoms with Crippen molar-refractivity contribution in [2.24, 2.45) is 5.92 Å². The van der Waals surface area contributed by atoms with Gasteiger partial charge in [0, 0.05) is 35.1 Å². The molecular weight excluding hydrogens is 386 g/mol. The van der Waals surface area contributed by atoms with Crippen molar-refractivity contribution in [3.8, 4) is 5.75 Å². The molecule has 1 unspecified atom stereocenters. The lowest BCUT2D eigenvalue weighted by Gasteiger charge is -2.32. The zero-order chi connectivity index (χ0) is 20.4. The molecule has 6 nitrogen and oxygen atoms in total. The van der Waals surface area contributed by atoms with Crippen LogP contribution in [0.15, 0.2) is 42.6 Å². The number of piperidine rings is 1. The van der Waals surface area contributed by atoms with Crippen molar-refractivity contribution < 1.29 is 14.3 Å². The van der Waals surface area contributed by atoms with Crippen LogP contribution in [0.3, 0.4) is 0 Å². The van der Waals surface area contributed by atoms with Crippen molar-refractivity contribution in [1.82, 2.24) is 9.88 Å². The standard InChI is InChI=1S/C22H23N3O3S/c1-14-12-23-22(29-14)24-20(26)15-6-5-11-25(13-15)21(27)18-9-10-19(28-2)17-8-4-3-7-16(17)18/h3-4,7-10,12,15H,5-6,11,13H2,1-2H3,(H,23,24,26). The van der Waals surface area contributed by atoms with Crippen LogP contribution in [0.1, 0.15) is 28.1 Å². The number of hydrogen-bond acceptors (Lipinski definition) is 5. The smallest absolute Gasteiger partial charge is 0.254 e. The molecule has 1 aromatic heterocycles. The lowest BCUT2D eigenvalue weighted by atomic mass is 9.95. The molecular formula is C22H23N3O3S. The van der Waals surface area contributed by atoms with E-state index in [1.54, 1.807) is 18.2 Å². The molecule has 2 amide bonds. The fourth-order valence-corrected chi connectivity index (χ4v) is 4.47. The van der Waals surface area contributed by atoms with Crippen LogP contribution < -0.4 is 10.1 Å². The quantitative estimate of drug-likeness (QED) is 0.704. The number of anilines is 1. The highest BCUT2D eigenvalue weighted by Crippen LogP contribution is 2.30. The Bertz CT molecular complexity index is 1060. The number of nitrogens with one attached hydrogen (secondary N) is 1. The highest BCUT2D eigenvalue weighted by molar-refractivity contribution is 7.15. The highest BCUT2D eigenvalue weighted by Gasteiger charge is 2.30. The van der Waals surface area contributed by atoms with Crippen molar-refractivity contribution in [2.45, 2.75) is 19.8 Å². The van der Waals surface area contributed by atoms with Crippen LogP contribution >= 0.6 is 11.3 Å². The number of rotatable bonds is 4. The number of aromatic nitrogens is 1. The van der Waals surface area contributed by atoms with Gasteiger partial charge in [0.15, 0.2) is 5.13 Å². The van der Waals surface area contributed by atoms with E-state index in [0.717, 1.165) is 34.2 Å². The van der Waals surface area contributed by atoms with E-state index in [1.807, 2.05) is 43.3 Å². The second-order valence-electron chi connectivity index (χ2n) is 7.22. The number of amides is 2. The maximum atomic E-state index is 13.3. The van der Waals surface area contributed by atoms with Gasteiger partial charge in [0.25, 0.3) is 5.91 Å². The summed E-state index contributed by atoms with van der Waals surface area (Å²) in [5.41, 5.74) is 0.637. The number of ether oxygens (including phenoxy) is 1. The Labute approximate surface area is 173 Å². The largest absolute Gasteiger partial charge is 0.496 e. The van der Waals surface area contributed by atoms with Crippen LogP contribution in [0.2, 0.25) is 0 Å². The summed E-state index contributed by atoms with van der Waals surface area (Å²) in [7, 11) is 1.63. The van der Waals surface area contributed by atoms with Crippen LogP contribution in [0.25, 0.3) is 10.8 Å². The van der Waals surface area contributed by atoms with E-state index in [9.17, 15) is 9.59 Å². The molecule has 1 atom stereocenters. The van der Waals surface area contributed by atoms with Crippen molar-refractivity contribution in [3.63, 3.8) is 0 Å². The first-order valence-electron chi connectivity index (χ1n) is 9.65. The average Bonchev–Trinajstić information content (AvgIpc) is 3.17. The number of methoxy groups -OCH3 is 1. The first kappa shape index (κ1) is 19.4. The summed E-state index contributed by atoms with van der Waals surface area (Å²) in [5.74, 6) is 0.385. The fourth-order valence-electron chi connectivity index (χ4n) is 3.80. The summed E-state index contributed by atoms with van der Waals surface area (Å²) in [6.07, 6.45) is 3.31. The molecule has 0 spiro atoms. The van der Waals surface area contributed by atoms with E-state index in [1.165, 1.54) is 11.3 Å². The lowest BCUT2D eigenvalue weighted by molar-refractivity contribution is -0.121. The molecule has 29 heavy (non-hydrogen) atoms. The van der Waals surface area contributed by atoms with Gasteiger partial charge >= 0.3 is 0 Å². The van der Waals surface area contributed by atoms with Crippen molar-refractivity contribution in [1.29, 1.82) is 0 Å². The molecule has 3 aromatic rings. The molecule has 0 bridgehead atoms. The Morgan fingerprint density at radius 1 is 1.21 bits per heavy atom. The summed E-state index contributed by atoms with van der Waals surface area (Å²) in [6, 6.07) is 11.4.